The standard InChI is InChI=1S/C28H56/c1-3-5-7-9-11-13-15-17-19-21-23-25-27-28-26-24-22-20-18-16-14-12-10-8-6-4-2/h21,23H,3-20,22,24-28H2,1-2H3/b23-21+. The lowest BCUT2D eigenvalue weighted by Gasteiger charge is -2.03. The van der Waals surface area contributed by atoms with E-state index in [1.165, 1.54) is 154 Å². The molecule has 0 saturated heterocycles. The Morgan fingerprint density at radius 2 is 0.500 bits per heavy atom. The van der Waals surface area contributed by atoms with E-state index in [0.717, 1.165) is 0 Å². The smallest absolute Gasteiger partial charge is 0.0351 e. The molecule has 0 heterocycles. The molecule has 0 aromatic heterocycles. The molecule has 0 aliphatic carbocycles. The third-order valence-electron chi connectivity index (χ3n) is 6.12. The first kappa shape index (κ1) is 27.7. The van der Waals surface area contributed by atoms with Crippen molar-refractivity contribution in [2.24, 2.45) is 0 Å². The van der Waals surface area contributed by atoms with Gasteiger partial charge in [0.1, 0.15) is 0 Å². The zero-order chi connectivity index (χ0) is 20.4. The van der Waals surface area contributed by atoms with Gasteiger partial charge < -0.3 is 0 Å². The van der Waals surface area contributed by atoms with Crippen LogP contribution in [0.5, 0.6) is 0 Å². The van der Waals surface area contributed by atoms with Gasteiger partial charge in [-0.2, -0.15) is 0 Å². The zero-order valence-corrected chi connectivity index (χ0v) is 20.1. The second-order valence-corrected chi connectivity index (χ2v) is 9.12. The normalized spacial score (nSPS) is 11.6. The van der Waals surface area contributed by atoms with Crippen LogP contribution < -0.4 is 0 Å². The van der Waals surface area contributed by atoms with Gasteiger partial charge in [-0.25, -0.2) is 0 Å². The molecule has 0 amide bonds. The Bertz CT molecular complexity index is 278. The molecule has 168 valence electrons. The van der Waals surface area contributed by atoms with Crippen molar-refractivity contribution in [3.05, 3.63) is 12.2 Å². The molecule has 0 aliphatic heterocycles. The Hall–Kier alpha value is -0.260. The van der Waals surface area contributed by atoms with Gasteiger partial charge in [0, 0.05) is 0 Å². The lowest BCUT2D eigenvalue weighted by atomic mass is 10.0. The van der Waals surface area contributed by atoms with Crippen molar-refractivity contribution in [1.29, 1.82) is 0 Å². The van der Waals surface area contributed by atoms with Gasteiger partial charge in [-0.05, 0) is 25.7 Å². The van der Waals surface area contributed by atoms with Crippen molar-refractivity contribution in [3.8, 4) is 0 Å². The summed E-state index contributed by atoms with van der Waals surface area (Å²) >= 11 is 0. The molecule has 0 rings (SSSR count). The van der Waals surface area contributed by atoms with Crippen molar-refractivity contribution >= 4 is 0 Å². The fraction of sp³-hybridized carbons (Fsp3) is 0.929. The molecule has 0 N–H and O–H groups in total. The molecule has 0 aromatic carbocycles. The molecule has 0 saturated carbocycles. The average Bonchev–Trinajstić information content (AvgIpc) is 2.71. The van der Waals surface area contributed by atoms with Gasteiger partial charge in [-0.15, -0.1) is 0 Å². The summed E-state index contributed by atoms with van der Waals surface area (Å²) < 4.78 is 0. The number of hydrogen-bond acceptors (Lipinski definition) is 0. The maximum absolute atomic E-state index is 2.45. The predicted octanol–water partition coefficient (Wildman–Crippen LogP) is 10.9. The molecule has 0 spiro atoms. The van der Waals surface area contributed by atoms with Crippen molar-refractivity contribution in [3.63, 3.8) is 0 Å². The number of rotatable bonds is 24. The Morgan fingerprint density at radius 3 is 0.750 bits per heavy atom. The minimum absolute atomic E-state index is 1.31. The number of allylic oxidation sites excluding steroid dienone is 2. The number of unbranched alkanes of at least 4 members (excludes halogenated alkanes) is 22. The maximum Gasteiger partial charge on any atom is -0.0351 e. The van der Waals surface area contributed by atoms with Gasteiger partial charge >= 0.3 is 0 Å². The topological polar surface area (TPSA) is 0 Å². The highest BCUT2D eigenvalue weighted by Crippen LogP contribution is 2.14. The second-order valence-electron chi connectivity index (χ2n) is 9.12. The fourth-order valence-electron chi connectivity index (χ4n) is 4.09. The molecule has 0 nitrogen and oxygen atoms in total. The van der Waals surface area contributed by atoms with Crippen LogP contribution in [0.4, 0.5) is 0 Å². The van der Waals surface area contributed by atoms with Crippen molar-refractivity contribution in [2.45, 2.75) is 168 Å². The van der Waals surface area contributed by atoms with Crippen LogP contribution >= 0.6 is 0 Å². The van der Waals surface area contributed by atoms with Gasteiger partial charge in [0.25, 0.3) is 0 Å². The summed E-state index contributed by atoms with van der Waals surface area (Å²) in [6.45, 7) is 4.60. The Kier molecular flexibility index (Phi) is 26.5. The first-order valence-electron chi connectivity index (χ1n) is 13.6. The molecule has 0 aromatic rings. The van der Waals surface area contributed by atoms with E-state index < -0.39 is 0 Å². The molecule has 0 heteroatoms. The SMILES string of the molecule is CCCCCCCCCC/C=C/CCCCCCCCCCCCCCCC. The lowest BCUT2D eigenvalue weighted by molar-refractivity contribution is 0.536. The highest BCUT2D eigenvalue weighted by atomic mass is 14.0. The minimum atomic E-state index is 1.31. The van der Waals surface area contributed by atoms with E-state index >= 15 is 0 Å². The lowest BCUT2D eigenvalue weighted by Crippen LogP contribution is -1.83. The van der Waals surface area contributed by atoms with Crippen LogP contribution in [0.25, 0.3) is 0 Å². The molecule has 0 bridgehead atoms. The number of hydrogen-bond donors (Lipinski definition) is 0. The Balaban J connectivity index is 3.04. The van der Waals surface area contributed by atoms with Gasteiger partial charge in [0.05, 0.1) is 0 Å². The van der Waals surface area contributed by atoms with Crippen LogP contribution in [0.2, 0.25) is 0 Å². The summed E-state index contributed by atoms with van der Waals surface area (Å²) in [7, 11) is 0. The molecule has 0 unspecified atom stereocenters. The first-order valence-corrected chi connectivity index (χ1v) is 13.6. The van der Waals surface area contributed by atoms with E-state index in [1.54, 1.807) is 0 Å². The fourth-order valence-corrected chi connectivity index (χ4v) is 4.09. The van der Waals surface area contributed by atoms with Crippen molar-refractivity contribution in [2.75, 3.05) is 0 Å². The summed E-state index contributed by atoms with van der Waals surface area (Å²) in [4.78, 5) is 0. The summed E-state index contributed by atoms with van der Waals surface area (Å²) in [5.41, 5.74) is 0. The van der Waals surface area contributed by atoms with Gasteiger partial charge in [0.15, 0.2) is 0 Å². The van der Waals surface area contributed by atoms with Crippen LogP contribution in [0.15, 0.2) is 12.2 Å². The molecular formula is C28H56. The van der Waals surface area contributed by atoms with Crippen LogP contribution in [-0.2, 0) is 0 Å². The summed E-state index contributed by atoms with van der Waals surface area (Å²) in [5, 5.41) is 0. The molecular weight excluding hydrogens is 336 g/mol. The van der Waals surface area contributed by atoms with Gasteiger partial charge in [0.2, 0.25) is 0 Å². The summed E-state index contributed by atoms with van der Waals surface area (Å²) in [6, 6.07) is 0. The molecule has 0 fully saturated rings. The van der Waals surface area contributed by atoms with Crippen LogP contribution in [0.3, 0.4) is 0 Å². The maximum atomic E-state index is 2.45. The van der Waals surface area contributed by atoms with E-state index in [0.29, 0.717) is 0 Å². The summed E-state index contributed by atoms with van der Waals surface area (Å²) in [6.07, 6.45) is 39.4. The average molecular weight is 393 g/mol. The quantitative estimate of drug-likeness (QED) is 0.113. The Labute approximate surface area is 180 Å². The van der Waals surface area contributed by atoms with Crippen LogP contribution in [0.1, 0.15) is 168 Å². The zero-order valence-electron chi connectivity index (χ0n) is 20.1. The second kappa shape index (κ2) is 26.7. The van der Waals surface area contributed by atoms with E-state index in [9.17, 15) is 0 Å². The Morgan fingerprint density at radius 1 is 0.286 bits per heavy atom. The van der Waals surface area contributed by atoms with Crippen LogP contribution in [0, 0.1) is 0 Å². The van der Waals surface area contributed by atoms with E-state index in [1.807, 2.05) is 0 Å². The van der Waals surface area contributed by atoms with E-state index in [2.05, 4.69) is 26.0 Å². The third-order valence-corrected chi connectivity index (χ3v) is 6.12. The third kappa shape index (κ3) is 25.7. The highest BCUT2D eigenvalue weighted by molar-refractivity contribution is 4.81. The van der Waals surface area contributed by atoms with E-state index in [-0.39, 0.29) is 0 Å². The van der Waals surface area contributed by atoms with Crippen molar-refractivity contribution in [1.82, 2.24) is 0 Å². The molecule has 28 heavy (non-hydrogen) atoms. The molecule has 0 radical (unpaired) electrons. The first-order chi connectivity index (χ1) is 13.9. The van der Waals surface area contributed by atoms with Gasteiger partial charge in [-0.3, -0.25) is 0 Å². The summed E-state index contributed by atoms with van der Waals surface area (Å²) in [5.74, 6) is 0. The van der Waals surface area contributed by atoms with Crippen LogP contribution in [-0.4, -0.2) is 0 Å². The van der Waals surface area contributed by atoms with E-state index in [4.69, 9.17) is 0 Å². The molecule has 0 aliphatic rings. The molecule has 0 atom stereocenters. The largest absolute Gasteiger partial charge is 0.0885 e. The predicted molar refractivity (Wildman–Crippen MR) is 131 cm³/mol. The highest BCUT2D eigenvalue weighted by Gasteiger charge is 1.94. The van der Waals surface area contributed by atoms with Gasteiger partial charge in [-0.1, -0.05) is 154 Å². The monoisotopic (exact) mass is 392 g/mol. The van der Waals surface area contributed by atoms with Crippen molar-refractivity contribution < 1.29 is 0 Å². The minimum Gasteiger partial charge on any atom is -0.0885 e.